The highest BCUT2D eigenvalue weighted by molar-refractivity contribution is 5.89. The van der Waals surface area contributed by atoms with E-state index in [9.17, 15) is 8.78 Å². The summed E-state index contributed by atoms with van der Waals surface area (Å²) in [5.41, 5.74) is 2.66. The molecule has 0 unspecified atom stereocenters. The zero-order valence-electron chi connectivity index (χ0n) is 21.4. The van der Waals surface area contributed by atoms with Gasteiger partial charge in [-0.25, -0.2) is 22.8 Å². The first-order valence-electron chi connectivity index (χ1n) is 12.5. The standard InChI is InChI=1S/C24H27F3N8O2/c1-24(12-37-13-24)33-7-6-17(16(25)10-33)28-23-29-22(36-2)21-15(5-8-34(21)31-23)14-3-4-18-19(9-14)35(32-30-18)11-20(26)27/h3-5,8-9,16-17,20H,6-7,10-13H2,1-2H3,(H,28,31)/t16-,17+/m1/s1/i8D. The van der Waals surface area contributed by atoms with Crippen LogP contribution in [0.5, 0.6) is 5.88 Å². The molecule has 0 spiro atoms. The molecule has 4 aromatic rings. The van der Waals surface area contributed by atoms with Crippen molar-refractivity contribution in [2.75, 3.05) is 33.4 Å². The maximum absolute atomic E-state index is 15.1. The minimum atomic E-state index is -2.58. The van der Waals surface area contributed by atoms with Crippen LogP contribution < -0.4 is 10.4 Å². The average molecular weight is 518 g/mol. The molecule has 3 aromatic heterocycles. The van der Waals surface area contributed by atoms with E-state index in [4.69, 9.17) is 10.8 Å². The van der Waals surface area contributed by atoms with Crippen molar-refractivity contribution >= 4 is 16.6 Å². The van der Waals surface area contributed by atoms with Gasteiger partial charge >= 0.3 is 0 Å². The highest BCUT2D eigenvalue weighted by atomic mass is 19.3. The molecule has 0 radical (unpaired) electrons. The Kier molecular flexibility index (Phi) is 5.61. The minimum absolute atomic E-state index is 0.0935. The van der Waals surface area contributed by atoms with E-state index in [0.29, 0.717) is 53.9 Å². The maximum Gasteiger partial charge on any atom is 0.258 e. The lowest BCUT2D eigenvalue weighted by Gasteiger charge is -2.50. The molecule has 5 heterocycles. The normalized spacial score (nSPS) is 23.1. The third-order valence-corrected chi connectivity index (χ3v) is 7.15. The average Bonchev–Trinajstić information content (AvgIpc) is 3.43. The molecule has 0 saturated carbocycles. The van der Waals surface area contributed by atoms with Crippen LogP contribution in [0.15, 0.2) is 35.4 Å². The van der Waals surface area contributed by atoms with E-state index in [1.807, 2.05) is 0 Å². The fourth-order valence-electron chi connectivity index (χ4n) is 5.04. The lowest BCUT2D eigenvalue weighted by Crippen LogP contribution is -2.64. The summed E-state index contributed by atoms with van der Waals surface area (Å²) in [5, 5.41) is 10.8. The van der Waals surface area contributed by atoms with Gasteiger partial charge < -0.3 is 9.47 Å². The van der Waals surface area contributed by atoms with Gasteiger partial charge in [-0.15, -0.1) is 5.10 Å². The molecule has 196 valence electrons. The first-order chi connectivity index (χ1) is 18.3. The monoisotopic (exact) mass is 517 g/mol. The van der Waals surface area contributed by atoms with E-state index in [-0.39, 0.29) is 29.8 Å². The molecule has 2 aliphatic heterocycles. The molecule has 0 bridgehead atoms. The van der Waals surface area contributed by atoms with Crippen LogP contribution in [0.1, 0.15) is 14.7 Å². The molecule has 0 amide bonds. The number of H-pyrrole nitrogens is 1. The van der Waals surface area contributed by atoms with Gasteiger partial charge in [0.05, 0.1) is 38.8 Å². The Labute approximate surface area is 211 Å². The maximum atomic E-state index is 15.1. The SMILES string of the molecule is [2H]c1cc(-c2ccc3nnn(CC(F)F)c3c2)c2c(OC)nc(=N[C@H]3CCN(C4(C)COC4)C[C@H]3F)[nH]n12. The van der Waals surface area contributed by atoms with Crippen molar-refractivity contribution in [1.82, 2.24) is 34.5 Å². The van der Waals surface area contributed by atoms with Gasteiger partial charge in [0.25, 0.3) is 6.43 Å². The number of piperidine rings is 1. The number of benzene rings is 1. The Balaban J connectivity index is 1.36. The third-order valence-electron chi connectivity index (χ3n) is 7.15. The number of hydrogen-bond acceptors (Lipinski definition) is 7. The number of ether oxygens (including phenoxy) is 2. The van der Waals surface area contributed by atoms with Crippen molar-refractivity contribution < 1.29 is 24.0 Å². The highest BCUT2D eigenvalue weighted by Gasteiger charge is 2.43. The fourth-order valence-corrected chi connectivity index (χ4v) is 5.04. The van der Waals surface area contributed by atoms with Gasteiger partial charge in [0.1, 0.15) is 23.7 Å². The Hall–Kier alpha value is -3.45. The summed E-state index contributed by atoms with van der Waals surface area (Å²) < 4.78 is 63.2. The number of rotatable bonds is 6. The fraction of sp³-hybridized carbons (Fsp3) is 0.500. The predicted molar refractivity (Wildman–Crippen MR) is 128 cm³/mol. The number of nitrogens with one attached hydrogen (secondary N) is 1. The summed E-state index contributed by atoms with van der Waals surface area (Å²) in [6, 6.07) is 6.17. The van der Waals surface area contributed by atoms with Crippen LogP contribution in [0.25, 0.3) is 27.7 Å². The third kappa shape index (κ3) is 4.25. The zero-order valence-corrected chi connectivity index (χ0v) is 20.4. The molecule has 6 rings (SSSR count). The van der Waals surface area contributed by atoms with E-state index in [0.717, 1.165) is 4.68 Å². The molecule has 37 heavy (non-hydrogen) atoms. The Bertz CT molecular complexity index is 1560. The molecule has 10 nitrogen and oxygen atoms in total. The van der Waals surface area contributed by atoms with E-state index in [1.54, 1.807) is 24.3 Å². The van der Waals surface area contributed by atoms with Gasteiger partial charge in [0, 0.05) is 24.8 Å². The summed E-state index contributed by atoms with van der Waals surface area (Å²) in [5.74, 6) is 0.197. The zero-order chi connectivity index (χ0) is 26.6. The second-order valence-electron chi connectivity index (χ2n) is 9.73. The highest BCUT2D eigenvalue weighted by Crippen LogP contribution is 2.32. The number of methoxy groups -OCH3 is 1. The van der Waals surface area contributed by atoms with Crippen LogP contribution >= 0.6 is 0 Å². The van der Waals surface area contributed by atoms with Gasteiger partial charge in [-0.1, -0.05) is 11.3 Å². The van der Waals surface area contributed by atoms with Gasteiger partial charge in [-0.3, -0.25) is 14.5 Å². The van der Waals surface area contributed by atoms with Gasteiger partial charge in [0.15, 0.2) is 0 Å². The molecule has 1 aromatic carbocycles. The molecule has 2 saturated heterocycles. The number of alkyl halides is 3. The lowest BCUT2D eigenvalue weighted by molar-refractivity contribution is -0.142. The predicted octanol–water partition coefficient (Wildman–Crippen LogP) is 2.45. The summed E-state index contributed by atoms with van der Waals surface area (Å²) in [4.78, 5) is 11.1. The van der Waals surface area contributed by atoms with Crippen LogP contribution in [0.2, 0.25) is 0 Å². The second kappa shape index (κ2) is 9.14. The summed E-state index contributed by atoms with van der Waals surface area (Å²) in [6.07, 6.45) is -3.13. The van der Waals surface area contributed by atoms with E-state index in [2.05, 4.69) is 37.2 Å². The van der Waals surface area contributed by atoms with Crippen molar-refractivity contribution in [2.24, 2.45) is 4.99 Å². The quantitative estimate of drug-likeness (QED) is 0.422. The second-order valence-corrected chi connectivity index (χ2v) is 9.73. The molecular weight excluding hydrogens is 489 g/mol. The van der Waals surface area contributed by atoms with Crippen molar-refractivity contribution in [3.63, 3.8) is 0 Å². The van der Waals surface area contributed by atoms with Crippen molar-refractivity contribution in [3.8, 4) is 17.0 Å². The van der Waals surface area contributed by atoms with Crippen LogP contribution in [0.4, 0.5) is 13.2 Å². The molecule has 13 heteroatoms. The number of hydrogen-bond donors (Lipinski definition) is 1. The Morgan fingerprint density at radius 3 is 2.89 bits per heavy atom. The largest absolute Gasteiger partial charge is 0.479 e. The van der Waals surface area contributed by atoms with E-state index < -0.39 is 25.2 Å². The first-order valence-corrected chi connectivity index (χ1v) is 12.0. The summed E-state index contributed by atoms with van der Waals surface area (Å²) >= 11 is 0. The van der Waals surface area contributed by atoms with Crippen LogP contribution in [0, 0.1) is 0 Å². The molecule has 2 fully saturated rings. The molecular formula is C24H27F3N8O2. The van der Waals surface area contributed by atoms with E-state index >= 15 is 4.39 Å². The first kappa shape index (κ1) is 22.7. The summed E-state index contributed by atoms with van der Waals surface area (Å²) in [7, 11) is 1.45. The van der Waals surface area contributed by atoms with Crippen LogP contribution in [-0.4, -0.2) is 92.1 Å². The Morgan fingerprint density at radius 1 is 1.35 bits per heavy atom. The summed E-state index contributed by atoms with van der Waals surface area (Å²) in [6.45, 7) is 3.67. The lowest BCUT2D eigenvalue weighted by atomic mass is 9.92. The van der Waals surface area contributed by atoms with Crippen molar-refractivity contribution in [3.05, 3.63) is 36.1 Å². The van der Waals surface area contributed by atoms with Crippen molar-refractivity contribution in [2.45, 2.75) is 44.1 Å². The minimum Gasteiger partial charge on any atom is -0.479 e. The number of halogens is 3. The van der Waals surface area contributed by atoms with Gasteiger partial charge in [-0.05, 0) is 37.1 Å². The topological polar surface area (TPSA) is 97.9 Å². The van der Waals surface area contributed by atoms with Crippen LogP contribution in [0.3, 0.4) is 0 Å². The van der Waals surface area contributed by atoms with Gasteiger partial charge in [0.2, 0.25) is 11.5 Å². The number of aromatic nitrogens is 6. The number of nitrogens with zero attached hydrogens (tertiary/aromatic N) is 7. The van der Waals surface area contributed by atoms with Crippen molar-refractivity contribution in [1.29, 1.82) is 0 Å². The molecule has 1 N–H and O–H groups in total. The number of fused-ring (bicyclic) bond motifs is 2. The number of aromatic amines is 1. The number of likely N-dealkylation sites (tertiary alicyclic amines) is 1. The Morgan fingerprint density at radius 2 is 2.19 bits per heavy atom. The molecule has 2 aliphatic rings. The van der Waals surface area contributed by atoms with E-state index in [1.165, 1.54) is 11.6 Å². The smallest absolute Gasteiger partial charge is 0.258 e. The molecule has 2 atom stereocenters. The van der Waals surface area contributed by atoms with Crippen LogP contribution in [-0.2, 0) is 11.3 Å². The molecule has 0 aliphatic carbocycles. The van der Waals surface area contributed by atoms with Gasteiger partial charge in [-0.2, -0.15) is 4.98 Å².